The van der Waals surface area contributed by atoms with Gasteiger partial charge in [0.1, 0.15) is 6.10 Å². The molecule has 0 spiro atoms. The standard InChI is InChI=1S/C7H12N2O2/c1-4-2-5-6(3-8-4)11-7(10)9-5/h4-6,8H,2-3H2,1H3,(H,9,10)/t4?,5-,6-/m1/s1. The SMILES string of the molecule is CC1C[C@H]2NC(=O)O[C@@H]2CN1. The average molecular weight is 156 g/mol. The van der Waals surface area contributed by atoms with Crippen molar-refractivity contribution in [2.24, 2.45) is 0 Å². The summed E-state index contributed by atoms with van der Waals surface area (Å²) in [5.41, 5.74) is 0. The first-order valence-electron chi connectivity index (χ1n) is 3.96. The maximum Gasteiger partial charge on any atom is 0.407 e. The Morgan fingerprint density at radius 1 is 1.64 bits per heavy atom. The van der Waals surface area contributed by atoms with E-state index in [0.717, 1.165) is 13.0 Å². The van der Waals surface area contributed by atoms with Gasteiger partial charge in [0.05, 0.1) is 6.04 Å². The zero-order valence-corrected chi connectivity index (χ0v) is 6.46. The van der Waals surface area contributed by atoms with Gasteiger partial charge in [0.2, 0.25) is 0 Å². The van der Waals surface area contributed by atoms with Crippen molar-refractivity contribution in [3.8, 4) is 0 Å². The van der Waals surface area contributed by atoms with Gasteiger partial charge in [-0.25, -0.2) is 4.79 Å². The van der Waals surface area contributed by atoms with Crippen LogP contribution in [0.25, 0.3) is 0 Å². The molecule has 1 unspecified atom stereocenters. The predicted octanol–water partition coefficient (Wildman–Crippen LogP) is -0.155. The van der Waals surface area contributed by atoms with E-state index in [1.54, 1.807) is 0 Å². The molecule has 0 saturated carbocycles. The highest BCUT2D eigenvalue weighted by Gasteiger charge is 2.37. The Kier molecular flexibility index (Phi) is 1.49. The third-order valence-electron chi connectivity index (χ3n) is 2.29. The summed E-state index contributed by atoms with van der Waals surface area (Å²) in [5, 5.41) is 6.04. The Morgan fingerprint density at radius 2 is 2.45 bits per heavy atom. The Labute approximate surface area is 65.3 Å². The van der Waals surface area contributed by atoms with E-state index in [-0.39, 0.29) is 18.2 Å². The van der Waals surface area contributed by atoms with Crippen molar-refractivity contribution in [1.29, 1.82) is 0 Å². The number of fused-ring (bicyclic) bond motifs is 1. The van der Waals surface area contributed by atoms with Crippen LogP contribution in [0.5, 0.6) is 0 Å². The van der Waals surface area contributed by atoms with Crippen LogP contribution in [-0.2, 0) is 4.74 Å². The molecule has 2 rings (SSSR count). The third kappa shape index (κ3) is 1.18. The summed E-state index contributed by atoms with van der Waals surface area (Å²) in [7, 11) is 0. The second kappa shape index (κ2) is 2.37. The Hall–Kier alpha value is -0.770. The second-order valence-electron chi connectivity index (χ2n) is 3.24. The number of piperidine rings is 1. The molecule has 2 aliphatic rings. The second-order valence-corrected chi connectivity index (χ2v) is 3.24. The molecule has 0 aromatic carbocycles. The van der Waals surface area contributed by atoms with E-state index in [1.165, 1.54) is 0 Å². The van der Waals surface area contributed by atoms with E-state index in [2.05, 4.69) is 17.6 Å². The lowest BCUT2D eigenvalue weighted by Crippen LogP contribution is -2.49. The van der Waals surface area contributed by atoms with Crippen molar-refractivity contribution in [3.63, 3.8) is 0 Å². The van der Waals surface area contributed by atoms with Crippen LogP contribution in [0.1, 0.15) is 13.3 Å². The number of carbonyl (C=O) groups excluding carboxylic acids is 1. The number of nitrogens with one attached hydrogen (secondary N) is 2. The van der Waals surface area contributed by atoms with Gasteiger partial charge in [-0.2, -0.15) is 0 Å². The van der Waals surface area contributed by atoms with E-state index < -0.39 is 0 Å². The number of carbonyl (C=O) groups is 1. The first kappa shape index (κ1) is 6.91. The van der Waals surface area contributed by atoms with Gasteiger partial charge in [0.25, 0.3) is 0 Å². The molecule has 0 aromatic rings. The summed E-state index contributed by atoms with van der Waals surface area (Å²) in [6.07, 6.45) is 0.755. The molecule has 2 aliphatic heterocycles. The fraction of sp³-hybridized carbons (Fsp3) is 0.857. The molecule has 11 heavy (non-hydrogen) atoms. The van der Waals surface area contributed by atoms with Crippen molar-refractivity contribution < 1.29 is 9.53 Å². The van der Waals surface area contributed by atoms with Crippen LogP contribution >= 0.6 is 0 Å². The normalized spacial score (nSPS) is 42.6. The van der Waals surface area contributed by atoms with Crippen LogP contribution in [0.15, 0.2) is 0 Å². The minimum absolute atomic E-state index is 0.0544. The summed E-state index contributed by atoms with van der Waals surface area (Å²) in [5.74, 6) is 0. The van der Waals surface area contributed by atoms with Crippen molar-refractivity contribution in [1.82, 2.24) is 10.6 Å². The van der Waals surface area contributed by atoms with Crippen molar-refractivity contribution in [2.45, 2.75) is 31.5 Å². The molecule has 62 valence electrons. The van der Waals surface area contributed by atoms with E-state index >= 15 is 0 Å². The Balaban J connectivity index is 2.02. The van der Waals surface area contributed by atoms with Gasteiger partial charge in [-0.15, -0.1) is 0 Å². The molecule has 2 N–H and O–H groups in total. The van der Waals surface area contributed by atoms with Crippen molar-refractivity contribution >= 4 is 6.09 Å². The molecule has 2 saturated heterocycles. The molecule has 1 amide bonds. The molecule has 0 radical (unpaired) electrons. The summed E-state index contributed by atoms with van der Waals surface area (Å²) >= 11 is 0. The Bertz CT molecular complexity index is 183. The lowest BCUT2D eigenvalue weighted by atomic mass is 9.99. The van der Waals surface area contributed by atoms with Gasteiger partial charge < -0.3 is 15.4 Å². The van der Waals surface area contributed by atoms with Crippen LogP contribution in [0.3, 0.4) is 0 Å². The molecule has 3 atom stereocenters. The zero-order valence-electron chi connectivity index (χ0n) is 6.46. The topological polar surface area (TPSA) is 50.4 Å². The minimum atomic E-state index is -0.268. The molecular weight excluding hydrogens is 144 g/mol. The summed E-state index contributed by atoms with van der Waals surface area (Å²) < 4.78 is 5.00. The van der Waals surface area contributed by atoms with Crippen LogP contribution in [0.2, 0.25) is 0 Å². The highest BCUT2D eigenvalue weighted by atomic mass is 16.6. The lowest BCUT2D eigenvalue weighted by molar-refractivity contribution is 0.114. The number of amides is 1. The first-order chi connectivity index (χ1) is 5.25. The molecule has 4 heteroatoms. The van der Waals surface area contributed by atoms with Crippen LogP contribution in [-0.4, -0.2) is 30.8 Å². The maximum atomic E-state index is 10.8. The predicted molar refractivity (Wildman–Crippen MR) is 39.3 cm³/mol. The van der Waals surface area contributed by atoms with Gasteiger partial charge >= 0.3 is 6.09 Å². The van der Waals surface area contributed by atoms with Crippen LogP contribution < -0.4 is 10.6 Å². The van der Waals surface area contributed by atoms with Gasteiger partial charge in [-0.1, -0.05) is 0 Å². The Morgan fingerprint density at radius 3 is 3.27 bits per heavy atom. The summed E-state index contributed by atoms with van der Waals surface area (Å²) in [4.78, 5) is 10.8. The van der Waals surface area contributed by atoms with Gasteiger partial charge in [0.15, 0.2) is 0 Å². The molecule has 4 nitrogen and oxygen atoms in total. The van der Waals surface area contributed by atoms with Gasteiger partial charge in [-0.05, 0) is 13.3 Å². The van der Waals surface area contributed by atoms with Gasteiger partial charge in [-0.3, -0.25) is 0 Å². The largest absolute Gasteiger partial charge is 0.443 e. The number of hydrogen-bond acceptors (Lipinski definition) is 3. The maximum absolute atomic E-state index is 10.8. The smallest absolute Gasteiger partial charge is 0.407 e. The number of rotatable bonds is 0. The zero-order chi connectivity index (χ0) is 7.84. The van der Waals surface area contributed by atoms with Crippen molar-refractivity contribution in [3.05, 3.63) is 0 Å². The number of ether oxygens (including phenoxy) is 1. The van der Waals surface area contributed by atoms with E-state index in [4.69, 9.17) is 4.74 Å². The monoisotopic (exact) mass is 156 g/mol. The van der Waals surface area contributed by atoms with Crippen LogP contribution in [0, 0.1) is 0 Å². The minimum Gasteiger partial charge on any atom is -0.443 e. The highest BCUT2D eigenvalue weighted by Crippen LogP contribution is 2.17. The van der Waals surface area contributed by atoms with Gasteiger partial charge in [0, 0.05) is 12.6 Å². The van der Waals surface area contributed by atoms with Crippen LogP contribution in [0.4, 0.5) is 4.79 Å². The molecular formula is C7H12N2O2. The lowest BCUT2D eigenvalue weighted by Gasteiger charge is -2.28. The third-order valence-corrected chi connectivity index (χ3v) is 2.29. The summed E-state index contributed by atoms with van der Waals surface area (Å²) in [6.45, 7) is 2.89. The molecule has 2 fully saturated rings. The molecule has 0 aromatic heterocycles. The first-order valence-corrected chi connectivity index (χ1v) is 3.96. The molecule has 2 heterocycles. The number of alkyl carbamates (subject to hydrolysis) is 1. The quantitative estimate of drug-likeness (QED) is 0.512. The fourth-order valence-corrected chi connectivity index (χ4v) is 1.67. The molecule has 0 aliphatic carbocycles. The van der Waals surface area contributed by atoms with E-state index in [9.17, 15) is 4.79 Å². The molecule has 0 bridgehead atoms. The fourth-order valence-electron chi connectivity index (χ4n) is 1.67. The van der Waals surface area contributed by atoms with E-state index in [1.807, 2.05) is 0 Å². The van der Waals surface area contributed by atoms with E-state index in [0.29, 0.717) is 6.04 Å². The number of hydrogen-bond donors (Lipinski definition) is 2. The average Bonchev–Trinajstić information content (AvgIpc) is 2.27. The summed E-state index contributed by atoms with van der Waals surface area (Å²) in [6, 6.07) is 0.719. The van der Waals surface area contributed by atoms with Crippen molar-refractivity contribution in [2.75, 3.05) is 6.54 Å². The highest BCUT2D eigenvalue weighted by molar-refractivity contribution is 5.70.